The summed E-state index contributed by atoms with van der Waals surface area (Å²) in [6, 6.07) is 5.68. The first-order valence-electron chi connectivity index (χ1n) is 8.27. The Morgan fingerprint density at radius 3 is 2.64 bits per heavy atom. The summed E-state index contributed by atoms with van der Waals surface area (Å²) in [5, 5.41) is 18.1. The van der Waals surface area contributed by atoms with E-state index in [0.717, 1.165) is 11.3 Å². The number of carbonyl (C=O) groups is 1. The predicted octanol–water partition coefficient (Wildman–Crippen LogP) is 2.99. The van der Waals surface area contributed by atoms with E-state index < -0.39 is 10.8 Å². The van der Waals surface area contributed by atoms with Crippen LogP contribution in [-0.2, 0) is 7.05 Å². The lowest BCUT2D eigenvalue weighted by Crippen LogP contribution is -2.23. The van der Waals surface area contributed by atoms with Gasteiger partial charge in [-0.25, -0.2) is 9.67 Å². The zero-order valence-electron chi connectivity index (χ0n) is 15.6. The fourth-order valence-corrected chi connectivity index (χ4v) is 3.75. The van der Waals surface area contributed by atoms with Crippen molar-refractivity contribution in [3.63, 3.8) is 0 Å². The molecule has 2 aromatic heterocycles. The summed E-state index contributed by atoms with van der Waals surface area (Å²) in [7, 11) is 1.56. The third kappa shape index (κ3) is 3.54. The number of nitro benzene ring substituents is 1. The van der Waals surface area contributed by atoms with Crippen LogP contribution in [0.25, 0.3) is 10.6 Å². The fraction of sp³-hybridized carbons (Fsp3) is 0.222. The Morgan fingerprint density at radius 1 is 1.25 bits per heavy atom. The lowest BCUT2D eigenvalue weighted by Gasteiger charge is -2.07. The van der Waals surface area contributed by atoms with Crippen LogP contribution < -0.4 is 10.9 Å². The van der Waals surface area contributed by atoms with Gasteiger partial charge >= 0.3 is 0 Å². The van der Waals surface area contributed by atoms with Gasteiger partial charge in [-0.1, -0.05) is 6.07 Å². The van der Waals surface area contributed by atoms with Gasteiger partial charge < -0.3 is 5.32 Å². The first-order valence-corrected chi connectivity index (χ1v) is 9.08. The molecule has 0 aliphatic heterocycles. The number of carbonyl (C=O) groups excluding carboxylic acids is 1. The van der Waals surface area contributed by atoms with E-state index in [1.807, 2.05) is 0 Å². The molecule has 1 N–H and O–H groups in total. The van der Waals surface area contributed by atoms with Crippen LogP contribution in [0.1, 0.15) is 26.6 Å². The Labute approximate surface area is 163 Å². The Kier molecular flexibility index (Phi) is 5.06. The SMILES string of the molecule is Cc1nc(-c2c(C)c(C)nn(C)c2=O)sc1C(=O)Nc1cccc([N+](=O)[O-])c1. The molecule has 0 fully saturated rings. The molecule has 10 heteroatoms. The van der Waals surface area contributed by atoms with Gasteiger partial charge in [-0.15, -0.1) is 11.3 Å². The standard InChI is InChI=1S/C18H17N5O4S/c1-9-10(2)21-22(4)18(25)14(9)17-19-11(3)15(28-17)16(24)20-12-6-5-7-13(8-12)23(26)27/h5-8H,1-4H3,(H,20,24). The number of thiazole rings is 1. The van der Waals surface area contributed by atoms with Crippen LogP contribution >= 0.6 is 11.3 Å². The largest absolute Gasteiger partial charge is 0.321 e. The average molecular weight is 399 g/mol. The Hall–Kier alpha value is -3.40. The highest BCUT2D eigenvalue weighted by molar-refractivity contribution is 7.17. The summed E-state index contributed by atoms with van der Waals surface area (Å²) < 4.78 is 1.25. The van der Waals surface area contributed by atoms with Crippen LogP contribution in [0.2, 0.25) is 0 Å². The van der Waals surface area contributed by atoms with Crippen molar-refractivity contribution in [3.05, 3.63) is 66.6 Å². The maximum atomic E-state index is 12.7. The summed E-state index contributed by atoms with van der Waals surface area (Å²) in [5.74, 6) is -0.443. The number of amides is 1. The minimum atomic E-state index is -0.532. The van der Waals surface area contributed by atoms with Gasteiger partial charge in [-0.05, 0) is 32.4 Å². The predicted molar refractivity (Wildman–Crippen MR) is 106 cm³/mol. The molecule has 0 unspecified atom stereocenters. The highest BCUT2D eigenvalue weighted by Gasteiger charge is 2.21. The monoisotopic (exact) mass is 399 g/mol. The second kappa shape index (κ2) is 7.31. The summed E-state index contributed by atoms with van der Waals surface area (Å²) in [4.78, 5) is 40.3. The van der Waals surface area contributed by atoms with Crippen molar-refractivity contribution < 1.29 is 9.72 Å². The second-order valence-electron chi connectivity index (χ2n) is 6.21. The van der Waals surface area contributed by atoms with Gasteiger partial charge in [0, 0.05) is 24.9 Å². The molecular formula is C18H17N5O4S. The Bertz CT molecular complexity index is 1170. The highest BCUT2D eigenvalue weighted by Crippen LogP contribution is 2.29. The van der Waals surface area contributed by atoms with Gasteiger partial charge in [0.2, 0.25) is 0 Å². The first-order chi connectivity index (χ1) is 13.2. The number of nitrogens with zero attached hydrogens (tertiary/aromatic N) is 4. The van der Waals surface area contributed by atoms with Gasteiger partial charge in [0.05, 0.1) is 21.9 Å². The Morgan fingerprint density at radius 2 is 1.96 bits per heavy atom. The van der Waals surface area contributed by atoms with Gasteiger partial charge in [-0.3, -0.25) is 19.7 Å². The maximum Gasteiger partial charge on any atom is 0.277 e. The van der Waals surface area contributed by atoms with Gasteiger partial charge in [0.1, 0.15) is 9.88 Å². The highest BCUT2D eigenvalue weighted by atomic mass is 32.1. The number of benzene rings is 1. The van der Waals surface area contributed by atoms with Crippen LogP contribution in [-0.4, -0.2) is 25.6 Å². The van der Waals surface area contributed by atoms with Crippen molar-refractivity contribution in [3.8, 4) is 10.6 Å². The topological polar surface area (TPSA) is 120 Å². The molecule has 1 aromatic carbocycles. The first kappa shape index (κ1) is 19.4. The van der Waals surface area contributed by atoms with E-state index in [-0.39, 0.29) is 11.2 Å². The van der Waals surface area contributed by atoms with Crippen molar-refractivity contribution in [1.82, 2.24) is 14.8 Å². The number of hydrogen-bond donors (Lipinski definition) is 1. The number of nitro groups is 1. The normalized spacial score (nSPS) is 10.7. The molecule has 0 aliphatic rings. The van der Waals surface area contributed by atoms with Crippen molar-refractivity contribution in [2.24, 2.45) is 7.05 Å². The van der Waals surface area contributed by atoms with Crippen molar-refractivity contribution in [1.29, 1.82) is 0 Å². The third-order valence-corrected chi connectivity index (χ3v) is 5.43. The molecule has 1 amide bonds. The quantitative estimate of drug-likeness (QED) is 0.532. The molecule has 144 valence electrons. The average Bonchev–Trinajstić information content (AvgIpc) is 3.02. The molecule has 28 heavy (non-hydrogen) atoms. The van der Waals surface area contributed by atoms with E-state index >= 15 is 0 Å². The number of rotatable bonds is 4. The zero-order valence-corrected chi connectivity index (χ0v) is 16.5. The smallest absolute Gasteiger partial charge is 0.277 e. The van der Waals surface area contributed by atoms with Crippen molar-refractivity contribution >= 4 is 28.6 Å². The molecule has 3 rings (SSSR count). The lowest BCUT2D eigenvalue weighted by molar-refractivity contribution is -0.384. The molecule has 2 heterocycles. The number of aromatic nitrogens is 3. The molecule has 0 aliphatic carbocycles. The third-order valence-electron chi connectivity index (χ3n) is 4.26. The number of hydrogen-bond acceptors (Lipinski definition) is 7. The lowest BCUT2D eigenvalue weighted by atomic mass is 10.1. The second-order valence-corrected chi connectivity index (χ2v) is 7.21. The summed E-state index contributed by atoms with van der Waals surface area (Å²) in [6.45, 7) is 5.27. The van der Waals surface area contributed by atoms with Crippen LogP contribution in [0.5, 0.6) is 0 Å². The summed E-state index contributed by atoms with van der Waals surface area (Å²) in [5.41, 5.74) is 2.19. The number of anilines is 1. The molecule has 0 saturated carbocycles. The van der Waals surface area contributed by atoms with Gasteiger partial charge in [-0.2, -0.15) is 5.10 Å². The van der Waals surface area contributed by atoms with Crippen molar-refractivity contribution in [2.45, 2.75) is 20.8 Å². The van der Waals surface area contributed by atoms with Crippen LogP contribution in [0, 0.1) is 30.9 Å². The van der Waals surface area contributed by atoms with E-state index in [0.29, 0.717) is 38.1 Å². The molecule has 0 spiro atoms. The maximum absolute atomic E-state index is 12.7. The van der Waals surface area contributed by atoms with Crippen LogP contribution in [0.15, 0.2) is 29.1 Å². The fourth-order valence-electron chi connectivity index (χ4n) is 2.70. The van der Waals surface area contributed by atoms with Crippen LogP contribution in [0.4, 0.5) is 11.4 Å². The van der Waals surface area contributed by atoms with Crippen molar-refractivity contribution in [2.75, 3.05) is 5.32 Å². The molecule has 0 radical (unpaired) electrons. The van der Waals surface area contributed by atoms with E-state index in [1.54, 1.807) is 33.9 Å². The zero-order chi connectivity index (χ0) is 20.6. The van der Waals surface area contributed by atoms with Gasteiger partial charge in [0.15, 0.2) is 0 Å². The summed E-state index contributed by atoms with van der Waals surface area (Å²) >= 11 is 1.10. The van der Waals surface area contributed by atoms with E-state index in [1.165, 1.54) is 22.9 Å². The molecule has 3 aromatic rings. The van der Waals surface area contributed by atoms with E-state index in [2.05, 4.69) is 15.4 Å². The summed E-state index contributed by atoms with van der Waals surface area (Å²) in [6.07, 6.45) is 0. The number of aryl methyl sites for hydroxylation is 3. The van der Waals surface area contributed by atoms with E-state index in [4.69, 9.17) is 0 Å². The minimum absolute atomic E-state index is 0.120. The molecular weight excluding hydrogens is 382 g/mol. The van der Waals surface area contributed by atoms with Gasteiger partial charge in [0.25, 0.3) is 17.2 Å². The molecule has 9 nitrogen and oxygen atoms in total. The van der Waals surface area contributed by atoms with Crippen LogP contribution in [0.3, 0.4) is 0 Å². The van der Waals surface area contributed by atoms with E-state index in [9.17, 15) is 19.7 Å². The molecule has 0 bridgehead atoms. The Balaban J connectivity index is 1.98. The molecule has 0 saturated heterocycles. The molecule has 0 atom stereocenters. The minimum Gasteiger partial charge on any atom is -0.321 e. The number of non-ortho nitro benzene ring substituents is 1. The number of nitrogens with one attached hydrogen (secondary N) is 1.